The normalized spacial score (nSPS) is 15.5. The second-order valence-corrected chi connectivity index (χ2v) is 5.38. The molecule has 0 heterocycles. The van der Waals surface area contributed by atoms with E-state index in [4.69, 9.17) is 15.2 Å². The lowest BCUT2D eigenvalue weighted by Crippen LogP contribution is -2.41. The lowest BCUT2D eigenvalue weighted by molar-refractivity contribution is 0.0933. The number of amides is 1. The molecule has 0 radical (unpaired) electrons. The van der Waals surface area contributed by atoms with Gasteiger partial charge in [-0.2, -0.15) is 0 Å². The molecule has 1 aliphatic rings. The maximum absolute atomic E-state index is 12.2. The Labute approximate surface area is 125 Å². The second-order valence-electron chi connectivity index (χ2n) is 5.38. The maximum Gasteiger partial charge on any atom is 0.251 e. The summed E-state index contributed by atoms with van der Waals surface area (Å²) in [4.78, 5) is 12.2. The summed E-state index contributed by atoms with van der Waals surface area (Å²) in [6, 6.07) is 7.32. The molecule has 0 spiro atoms. The zero-order valence-corrected chi connectivity index (χ0v) is 12.5. The van der Waals surface area contributed by atoms with E-state index in [1.54, 1.807) is 19.2 Å². The van der Waals surface area contributed by atoms with Crippen LogP contribution in [0.5, 0.6) is 5.75 Å². The highest BCUT2D eigenvalue weighted by atomic mass is 16.5. The summed E-state index contributed by atoms with van der Waals surface area (Å²) < 4.78 is 10.6. The van der Waals surface area contributed by atoms with Gasteiger partial charge in [-0.1, -0.05) is 6.07 Å². The van der Waals surface area contributed by atoms with Crippen LogP contribution in [0.4, 0.5) is 0 Å². The van der Waals surface area contributed by atoms with E-state index in [0.29, 0.717) is 37.0 Å². The number of carbonyl (C=O) groups excluding carboxylic acids is 1. The number of hydrogen-bond donors (Lipinski definition) is 2. The zero-order chi connectivity index (χ0) is 15.1. The van der Waals surface area contributed by atoms with Crippen LogP contribution in [0.1, 0.15) is 29.6 Å². The molecule has 0 bridgehead atoms. The number of nitrogens with two attached hydrogens (primary N) is 1. The van der Waals surface area contributed by atoms with Crippen LogP contribution >= 0.6 is 0 Å². The highest BCUT2D eigenvalue weighted by Crippen LogP contribution is 2.32. The van der Waals surface area contributed by atoms with Crippen LogP contribution in [-0.4, -0.2) is 38.8 Å². The predicted octanol–water partition coefficient (Wildman–Crippen LogP) is 1.57. The number of benzene rings is 1. The molecule has 1 aromatic rings. The van der Waals surface area contributed by atoms with Crippen molar-refractivity contribution in [3.8, 4) is 5.75 Å². The van der Waals surface area contributed by atoms with Crippen molar-refractivity contribution in [2.75, 3.05) is 26.9 Å². The Kier molecular flexibility index (Phi) is 6.02. The Bertz CT molecular complexity index is 461. The van der Waals surface area contributed by atoms with Crippen LogP contribution in [0, 0.1) is 5.92 Å². The fourth-order valence-corrected chi connectivity index (χ4v) is 2.24. The van der Waals surface area contributed by atoms with E-state index in [-0.39, 0.29) is 11.9 Å². The molecule has 1 saturated carbocycles. The van der Waals surface area contributed by atoms with Gasteiger partial charge in [-0.25, -0.2) is 0 Å². The predicted molar refractivity (Wildman–Crippen MR) is 81.5 cm³/mol. The first-order chi connectivity index (χ1) is 10.2. The Morgan fingerprint density at radius 2 is 2.24 bits per heavy atom. The van der Waals surface area contributed by atoms with Crippen molar-refractivity contribution < 1.29 is 14.3 Å². The molecular formula is C16H24N2O3. The van der Waals surface area contributed by atoms with E-state index in [2.05, 4.69) is 5.32 Å². The molecule has 116 valence electrons. The van der Waals surface area contributed by atoms with Crippen LogP contribution in [0.25, 0.3) is 0 Å². The van der Waals surface area contributed by atoms with Gasteiger partial charge >= 0.3 is 0 Å². The lowest BCUT2D eigenvalue weighted by atomic mass is 10.1. The van der Waals surface area contributed by atoms with Gasteiger partial charge in [0.25, 0.3) is 5.91 Å². The van der Waals surface area contributed by atoms with Gasteiger partial charge in [0.1, 0.15) is 5.75 Å². The Morgan fingerprint density at radius 3 is 2.90 bits per heavy atom. The van der Waals surface area contributed by atoms with Crippen LogP contribution < -0.4 is 15.8 Å². The maximum atomic E-state index is 12.2. The topological polar surface area (TPSA) is 73.6 Å². The molecule has 0 aromatic heterocycles. The first kappa shape index (κ1) is 15.8. The molecule has 0 aliphatic heterocycles. The van der Waals surface area contributed by atoms with Gasteiger partial charge in [0, 0.05) is 38.3 Å². The van der Waals surface area contributed by atoms with Crippen molar-refractivity contribution >= 4 is 5.91 Å². The monoisotopic (exact) mass is 292 g/mol. The molecule has 21 heavy (non-hydrogen) atoms. The minimum Gasteiger partial charge on any atom is -0.493 e. The third-order valence-corrected chi connectivity index (χ3v) is 3.62. The molecule has 0 saturated heterocycles. The molecule has 1 amide bonds. The standard InChI is InChI=1S/C16H24N2O3/c1-20-8-3-9-21-14-5-2-4-13(10-14)16(19)18-15(11-17)12-6-7-12/h2,4-5,10,12,15H,3,6-9,11,17H2,1H3,(H,18,19). The average molecular weight is 292 g/mol. The van der Waals surface area contributed by atoms with Gasteiger partial charge in [0.15, 0.2) is 0 Å². The van der Waals surface area contributed by atoms with E-state index >= 15 is 0 Å². The summed E-state index contributed by atoms with van der Waals surface area (Å²) in [5, 5.41) is 3.01. The SMILES string of the molecule is COCCCOc1cccc(C(=O)NC(CN)C2CC2)c1. The van der Waals surface area contributed by atoms with Crippen molar-refractivity contribution in [3.63, 3.8) is 0 Å². The van der Waals surface area contributed by atoms with E-state index in [9.17, 15) is 4.79 Å². The average Bonchev–Trinajstić information content (AvgIpc) is 3.34. The van der Waals surface area contributed by atoms with Crippen LogP contribution in [0.15, 0.2) is 24.3 Å². The van der Waals surface area contributed by atoms with Gasteiger partial charge < -0.3 is 20.5 Å². The van der Waals surface area contributed by atoms with Crippen LogP contribution in [0.2, 0.25) is 0 Å². The lowest BCUT2D eigenvalue weighted by Gasteiger charge is -2.16. The quantitative estimate of drug-likeness (QED) is 0.678. The third kappa shape index (κ3) is 5.02. The van der Waals surface area contributed by atoms with Gasteiger partial charge in [-0.15, -0.1) is 0 Å². The Balaban J connectivity index is 1.88. The summed E-state index contributed by atoms with van der Waals surface area (Å²) in [7, 11) is 1.67. The highest BCUT2D eigenvalue weighted by Gasteiger charge is 2.31. The molecule has 5 heteroatoms. The first-order valence-electron chi connectivity index (χ1n) is 7.47. The molecule has 1 unspecified atom stereocenters. The molecule has 1 aromatic carbocycles. The van der Waals surface area contributed by atoms with Crippen molar-refractivity contribution in [2.45, 2.75) is 25.3 Å². The van der Waals surface area contributed by atoms with Gasteiger partial charge in [0.2, 0.25) is 0 Å². The van der Waals surface area contributed by atoms with Crippen molar-refractivity contribution in [1.29, 1.82) is 0 Å². The first-order valence-corrected chi connectivity index (χ1v) is 7.47. The van der Waals surface area contributed by atoms with Crippen molar-refractivity contribution in [1.82, 2.24) is 5.32 Å². The van der Waals surface area contributed by atoms with E-state index < -0.39 is 0 Å². The minimum absolute atomic E-state index is 0.0836. The molecule has 3 N–H and O–H groups in total. The van der Waals surface area contributed by atoms with E-state index in [1.807, 2.05) is 12.1 Å². The van der Waals surface area contributed by atoms with Crippen LogP contribution in [0.3, 0.4) is 0 Å². The summed E-state index contributed by atoms with van der Waals surface area (Å²) in [6.07, 6.45) is 3.14. The number of ether oxygens (including phenoxy) is 2. The molecule has 2 rings (SSSR count). The van der Waals surface area contributed by atoms with E-state index in [1.165, 1.54) is 0 Å². The molecule has 1 aliphatic carbocycles. The van der Waals surface area contributed by atoms with Crippen molar-refractivity contribution in [3.05, 3.63) is 29.8 Å². The summed E-state index contributed by atoms with van der Waals surface area (Å²) in [6.45, 7) is 1.73. The van der Waals surface area contributed by atoms with Crippen LogP contribution in [-0.2, 0) is 4.74 Å². The number of carbonyl (C=O) groups is 1. The summed E-state index contributed by atoms with van der Waals surface area (Å²) >= 11 is 0. The van der Waals surface area contributed by atoms with Gasteiger partial charge in [0.05, 0.1) is 6.61 Å². The Morgan fingerprint density at radius 1 is 1.43 bits per heavy atom. The smallest absolute Gasteiger partial charge is 0.251 e. The number of methoxy groups -OCH3 is 1. The molecule has 1 atom stereocenters. The van der Waals surface area contributed by atoms with E-state index in [0.717, 1.165) is 19.3 Å². The highest BCUT2D eigenvalue weighted by molar-refractivity contribution is 5.94. The molecular weight excluding hydrogens is 268 g/mol. The fourth-order valence-electron chi connectivity index (χ4n) is 2.24. The second kappa shape index (κ2) is 8.00. The third-order valence-electron chi connectivity index (χ3n) is 3.62. The molecule has 5 nitrogen and oxygen atoms in total. The minimum atomic E-state index is -0.0836. The van der Waals surface area contributed by atoms with Crippen molar-refractivity contribution in [2.24, 2.45) is 11.7 Å². The van der Waals surface area contributed by atoms with Gasteiger partial charge in [-0.3, -0.25) is 4.79 Å². The summed E-state index contributed by atoms with van der Waals surface area (Å²) in [5.74, 6) is 1.17. The largest absolute Gasteiger partial charge is 0.493 e. The zero-order valence-electron chi connectivity index (χ0n) is 12.5. The van der Waals surface area contributed by atoms with Gasteiger partial charge in [-0.05, 0) is 37.0 Å². The number of hydrogen-bond acceptors (Lipinski definition) is 4. The fraction of sp³-hybridized carbons (Fsp3) is 0.562. The Hall–Kier alpha value is -1.59. The number of nitrogens with one attached hydrogen (secondary N) is 1. The summed E-state index contributed by atoms with van der Waals surface area (Å²) in [5.41, 5.74) is 6.32. The number of rotatable bonds is 9. The molecule has 1 fully saturated rings.